The zero-order valence-corrected chi connectivity index (χ0v) is 13.2. The average Bonchev–Trinajstić information content (AvgIpc) is 2.72. The fourth-order valence-electron chi connectivity index (χ4n) is 2.32. The number of aromatic hydroxyl groups is 1. The summed E-state index contributed by atoms with van der Waals surface area (Å²) >= 11 is 6.03. The van der Waals surface area contributed by atoms with Crippen LogP contribution >= 0.6 is 11.6 Å². The molecule has 0 aliphatic carbocycles. The average molecular weight is 312 g/mol. The Labute approximate surface area is 128 Å². The minimum absolute atomic E-state index is 0.0113. The molecule has 5 nitrogen and oxygen atoms in total. The molecule has 1 heterocycles. The summed E-state index contributed by atoms with van der Waals surface area (Å²) in [6.45, 7) is 4.25. The zero-order valence-electron chi connectivity index (χ0n) is 12.5. The fourth-order valence-corrected chi connectivity index (χ4v) is 2.53. The molecular formula is C15H18ClNO4. The number of carbonyl (C=O) groups is 1. The molecule has 21 heavy (non-hydrogen) atoms. The first-order valence-electron chi connectivity index (χ1n) is 6.62. The van der Waals surface area contributed by atoms with Gasteiger partial charge >= 0.3 is 5.97 Å². The predicted molar refractivity (Wildman–Crippen MR) is 81.0 cm³/mol. The van der Waals surface area contributed by atoms with Crippen molar-refractivity contribution in [1.29, 1.82) is 0 Å². The maximum absolute atomic E-state index is 11.9. The molecule has 0 fully saturated rings. The number of fused-ring (bicyclic) bond motifs is 1. The van der Waals surface area contributed by atoms with Gasteiger partial charge in [0.15, 0.2) is 0 Å². The Morgan fingerprint density at radius 3 is 2.71 bits per heavy atom. The molecule has 1 aromatic carbocycles. The quantitative estimate of drug-likeness (QED) is 0.877. The van der Waals surface area contributed by atoms with Crippen LogP contribution in [0.3, 0.4) is 0 Å². The molecule has 0 unspecified atom stereocenters. The highest BCUT2D eigenvalue weighted by Gasteiger charge is 2.24. The summed E-state index contributed by atoms with van der Waals surface area (Å²) < 4.78 is 10.6. The summed E-state index contributed by atoms with van der Waals surface area (Å²) in [6.07, 6.45) is 0. The minimum Gasteiger partial charge on any atom is -0.506 e. The lowest BCUT2D eigenvalue weighted by Gasteiger charge is -2.13. The summed E-state index contributed by atoms with van der Waals surface area (Å²) in [5.74, 6) is -0.358. The molecule has 0 saturated carbocycles. The Balaban J connectivity index is 2.70. The van der Waals surface area contributed by atoms with E-state index in [2.05, 4.69) is 0 Å². The molecule has 0 saturated heterocycles. The van der Waals surface area contributed by atoms with Gasteiger partial charge in [0.05, 0.1) is 11.6 Å². The van der Waals surface area contributed by atoms with Crippen molar-refractivity contribution in [2.45, 2.75) is 20.4 Å². The molecule has 0 amide bonds. The van der Waals surface area contributed by atoms with Gasteiger partial charge < -0.3 is 19.2 Å². The van der Waals surface area contributed by atoms with Crippen LogP contribution in [0.15, 0.2) is 10.5 Å². The second kappa shape index (κ2) is 5.95. The molecule has 114 valence electrons. The number of esters is 1. The SMILES string of the molecule is CCOC(=O)c1oc2cc(Cl)c(O)c(CN(C)C)c2c1C. The molecule has 6 heteroatoms. The van der Waals surface area contributed by atoms with Crippen molar-refractivity contribution in [2.75, 3.05) is 20.7 Å². The van der Waals surface area contributed by atoms with E-state index in [4.69, 9.17) is 20.8 Å². The number of halogens is 1. The van der Waals surface area contributed by atoms with Gasteiger partial charge in [0, 0.05) is 29.1 Å². The summed E-state index contributed by atoms with van der Waals surface area (Å²) in [5, 5.41) is 11.1. The lowest BCUT2D eigenvalue weighted by atomic mass is 10.0. The molecule has 0 bridgehead atoms. The number of carbonyl (C=O) groups excluding carboxylic acids is 1. The Morgan fingerprint density at radius 1 is 1.48 bits per heavy atom. The van der Waals surface area contributed by atoms with Gasteiger partial charge in [-0.3, -0.25) is 0 Å². The third kappa shape index (κ3) is 2.84. The van der Waals surface area contributed by atoms with E-state index in [9.17, 15) is 9.90 Å². The highest BCUT2D eigenvalue weighted by Crippen LogP contribution is 2.39. The molecule has 2 aromatic rings. The minimum atomic E-state index is -0.516. The van der Waals surface area contributed by atoms with Gasteiger partial charge in [-0.1, -0.05) is 11.6 Å². The number of nitrogens with zero attached hydrogens (tertiary/aromatic N) is 1. The number of furan rings is 1. The van der Waals surface area contributed by atoms with E-state index in [1.165, 1.54) is 6.07 Å². The first-order valence-corrected chi connectivity index (χ1v) is 6.99. The van der Waals surface area contributed by atoms with Crippen LogP contribution in [0.25, 0.3) is 11.0 Å². The van der Waals surface area contributed by atoms with Crippen LogP contribution in [-0.2, 0) is 11.3 Å². The molecule has 1 aromatic heterocycles. The smallest absolute Gasteiger partial charge is 0.374 e. The number of phenolic OH excluding ortho intramolecular Hbond substituents is 1. The lowest BCUT2D eigenvalue weighted by molar-refractivity contribution is 0.0491. The summed E-state index contributed by atoms with van der Waals surface area (Å²) in [7, 11) is 3.77. The van der Waals surface area contributed by atoms with E-state index < -0.39 is 5.97 Å². The largest absolute Gasteiger partial charge is 0.506 e. The van der Waals surface area contributed by atoms with Crippen LogP contribution in [-0.4, -0.2) is 36.7 Å². The van der Waals surface area contributed by atoms with Crippen LogP contribution < -0.4 is 0 Å². The van der Waals surface area contributed by atoms with E-state index >= 15 is 0 Å². The topological polar surface area (TPSA) is 62.9 Å². The Morgan fingerprint density at radius 2 is 2.14 bits per heavy atom. The van der Waals surface area contributed by atoms with E-state index in [-0.39, 0.29) is 23.1 Å². The zero-order chi connectivity index (χ0) is 15.7. The first-order chi connectivity index (χ1) is 9.86. The van der Waals surface area contributed by atoms with Gasteiger partial charge in [-0.25, -0.2) is 4.79 Å². The van der Waals surface area contributed by atoms with E-state index in [0.29, 0.717) is 28.6 Å². The number of hydrogen-bond acceptors (Lipinski definition) is 5. The standard InChI is InChI=1S/C15H18ClNO4/c1-5-20-15(19)14-8(2)12-9(7-17(3)4)13(18)10(16)6-11(12)21-14/h6,18H,5,7H2,1-4H3. The third-order valence-electron chi connectivity index (χ3n) is 3.18. The summed E-state index contributed by atoms with van der Waals surface area (Å²) in [5.41, 5.74) is 1.75. The van der Waals surface area contributed by atoms with Crippen LogP contribution in [0.5, 0.6) is 5.75 Å². The van der Waals surface area contributed by atoms with Gasteiger partial charge in [0.1, 0.15) is 11.3 Å². The number of phenols is 1. The Hall–Kier alpha value is -1.72. The molecular weight excluding hydrogens is 294 g/mol. The normalized spacial score (nSPS) is 11.3. The van der Waals surface area contributed by atoms with Crippen molar-refractivity contribution in [3.63, 3.8) is 0 Å². The maximum Gasteiger partial charge on any atom is 0.374 e. The molecule has 0 aliphatic rings. The molecule has 2 rings (SSSR count). The van der Waals surface area contributed by atoms with Gasteiger partial charge in [0.25, 0.3) is 0 Å². The number of rotatable bonds is 4. The number of hydrogen-bond donors (Lipinski definition) is 1. The van der Waals surface area contributed by atoms with Crippen LogP contribution in [0, 0.1) is 6.92 Å². The van der Waals surface area contributed by atoms with Crippen LogP contribution in [0.1, 0.15) is 28.6 Å². The van der Waals surface area contributed by atoms with Crippen LogP contribution in [0.4, 0.5) is 0 Å². The van der Waals surface area contributed by atoms with E-state index in [1.54, 1.807) is 13.8 Å². The highest BCUT2D eigenvalue weighted by molar-refractivity contribution is 6.33. The van der Waals surface area contributed by atoms with Gasteiger partial charge in [-0.2, -0.15) is 0 Å². The highest BCUT2D eigenvalue weighted by atomic mass is 35.5. The van der Waals surface area contributed by atoms with Gasteiger partial charge in [-0.15, -0.1) is 0 Å². The molecule has 0 radical (unpaired) electrons. The Bertz CT molecular complexity index is 691. The van der Waals surface area contributed by atoms with Crippen molar-refractivity contribution in [2.24, 2.45) is 0 Å². The van der Waals surface area contributed by atoms with E-state index in [1.807, 2.05) is 19.0 Å². The number of ether oxygens (including phenoxy) is 1. The third-order valence-corrected chi connectivity index (χ3v) is 3.47. The summed E-state index contributed by atoms with van der Waals surface area (Å²) in [4.78, 5) is 13.8. The monoisotopic (exact) mass is 311 g/mol. The van der Waals surface area contributed by atoms with Crippen molar-refractivity contribution in [3.8, 4) is 5.75 Å². The maximum atomic E-state index is 11.9. The van der Waals surface area contributed by atoms with Crippen molar-refractivity contribution in [3.05, 3.63) is 28.0 Å². The Kier molecular flexibility index (Phi) is 4.44. The molecule has 0 spiro atoms. The fraction of sp³-hybridized carbons (Fsp3) is 0.400. The lowest BCUT2D eigenvalue weighted by Crippen LogP contribution is -2.11. The van der Waals surface area contributed by atoms with Crippen molar-refractivity contribution >= 4 is 28.5 Å². The molecule has 0 atom stereocenters. The van der Waals surface area contributed by atoms with Crippen molar-refractivity contribution in [1.82, 2.24) is 4.90 Å². The van der Waals surface area contributed by atoms with Gasteiger partial charge in [0.2, 0.25) is 5.76 Å². The number of benzene rings is 1. The summed E-state index contributed by atoms with van der Waals surface area (Å²) in [6, 6.07) is 1.51. The number of aryl methyl sites for hydroxylation is 1. The van der Waals surface area contributed by atoms with Crippen molar-refractivity contribution < 1.29 is 19.1 Å². The van der Waals surface area contributed by atoms with Crippen LogP contribution in [0.2, 0.25) is 5.02 Å². The first kappa shape index (κ1) is 15.7. The molecule has 1 N–H and O–H groups in total. The second-order valence-electron chi connectivity index (χ2n) is 5.07. The second-order valence-corrected chi connectivity index (χ2v) is 5.48. The van der Waals surface area contributed by atoms with E-state index in [0.717, 1.165) is 0 Å². The molecule has 0 aliphatic heterocycles. The van der Waals surface area contributed by atoms with Gasteiger partial charge in [-0.05, 0) is 27.9 Å². The predicted octanol–water partition coefficient (Wildman–Crippen LogP) is 3.34.